The molecule has 0 fully saturated rings. The molecule has 0 saturated heterocycles. The minimum absolute atomic E-state index is 0.152. The molecule has 3 N–H and O–H groups in total. The third kappa shape index (κ3) is 4.84. The Bertz CT molecular complexity index is 722. The summed E-state index contributed by atoms with van der Waals surface area (Å²) in [6, 6.07) is 9.20. The van der Waals surface area contributed by atoms with Gasteiger partial charge in [0.25, 0.3) is 5.91 Å². The molecule has 1 atom stereocenters. The topological polar surface area (TPSA) is 45.7 Å². The zero-order chi connectivity index (χ0) is 17.0. The van der Waals surface area contributed by atoms with Gasteiger partial charge in [-0.05, 0) is 49.7 Å². The third-order valence-electron chi connectivity index (χ3n) is 3.58. The van der Waals surface area contributed by atoms with Crippen molar-refractivity contribution in [3.8, 4) is 0 Å². The van der Waals surface area contributed by atoms with E-state index in [1.165, 1.54) is 6.07 Å². The molecule has 0 spiro atoms. The van der Waals surface area contributed by atoms with Gasteiger partial charge in [-0.3, -0.25) is 4.79 Å². The van der Waals surface area contributed by atoms with Crippen molar-refractivity contribution in [2.24, 2.45) is 0 Å². The summed E-state index contributed by atoms with van der Waals surface area (Å²) in [5.74, 6) is -1.91. The van der Waals surface area contributed by atoms with Crippen molar-refractivity contribution in [3.05, 3.63) is 63.6 Å². The predicted molar refractivity (Wildman–Crippen MR) is 89.1 cm³/mol. The van der Waals surface area contributed by atoms with Crippen LogP contribution in [-0.2, 0) is 4.79 Å². The number of quaternary nitrogens is 1. The fourth-order valence-corrected chi connectivity index (χ4v) is 2.48. The number of nitrogens with two attached hydrogens (primary N) is 1. The second kappa shape index (κ2) is 7.66. The quantitative estimate of drug-likeness (QED) is 0.817. The molecule has 0 aromatic heterocycles. The Hall–Kier alpha value is -1.79. The molecule has 122 valence electrons. The molecule has 6 heteroatoms. The lowest BCUT2D eigenvalue weighted by molar-refractivity contribution is -0.682. The van der Waals surface area contributed by atoms with E-state index < -0.39 is 11.6 Å². The first-order chi connectivity index (χ1) is 10.9. The molecule has 0 aliphatic heterocycles. The number of carbonyl (C=O) groups excluding carboxylic acids is 1. The van der Waals surface area contributed by atoms with Gasteiger partial charge in [0.05, 0.1) is 0 Å². The summed E-state index contributed by atoms with van der Waals surface area (Å²) in [6.45, 7) is 3.99. The summed E-state index contributed by atoms with van der Waals surface area (Å²) in [6.07, 6.45) is 0. The highest BCUT2D eigenvalue weighted by molar-refractivity contribution is 9.10. The van der Waals surface area contributed by atoms with E-state index in [0.29, 0.717) is 11.3 Å². The second-order valence-electron chi connectivity index (χ2n) is 5.41. The lowest BCUT2D eigenvalue weighted by Crippen LogP contribution is -2.86. The number of amides is 1. The monoisotopic (exact) mass is 383 g/mol. The van der Waals surface area contributed by atoms with Gasteiger partial charge in [-0.25, -0.2) is 8.78 Å². The average Bonchev–Trinajstić information content (AvgIpc) is 2.51. The van der Waals surface area contributed by atoms with Gasteiger partial charge < -0.3 is 10.6 Å². The van der Waals surface area contributed by atoms with E-state index in [0.717, 1.165) is 22.2 Å². The second-order valence-corrected chi connectivity index (χ2v) is 6.27. The third-order valence-corrected chi connectivity index (χ3v) is 4.44. The molecule has 2 aromatic rings. The zero-order valence-corrected chi connectivity index (χ0v) is 14.5. The molecule has 0 radical (unpaired) electrons. The molecular formula is C17H18BrF2N2O+. The Morgan fingerprint density at radius 3 is 2.61 bits per heavy atom. The van der Waals surface area contributed by atoms with Gasteiger partial charge in [-0.2, -0.15) is 0 Å². The van der Waals surface area contributed by atoms with Gasteiger partial charge in [-0.1, -0.05) is 22.0 Å². The van der Waals surface area contributed by atoms with Gasteiger partial charge >= 0.3 is 0 Å². The SMILES string of the molecule is Cc1ccc(NC(=O)C[NH2+][C@@H](C)c2ccc(F)c(F)c2)cc1Br. The molecule has 3 nitrogen and oxygen atoms in total. The van der Waals surface area contributed by atoms with Gasteiger partial charge in [0.15, 0.2) is 18.2 Å². The van der Waals surface area contributed by atoms with Crippen molar-refractivity contribution in [2.75, 3.05) is 11.9 Å². The fraction of sp³-hybridized carbons (Fsp3) is 0.235. The molecule has 23 heavy (non-hydrogen) atoms. The predicted octanol–water partition coefficient (Wildman–Crippen LogP) is 3.30. The molecule has 0 aliphatic carbocycles. The van der Waals surface area contributed by atoms with Gasteiger partial charge in [0.1, 0.15) is 6.04 Å². The number of carbonyl (C=O) groups is 1. The Morgan fingerprint density at radius 1 is 1.22 bits per heavy atom. The Morgan fingerprint density at radius 2 is 1.96 bits per heavy atom. The van der Waals surface area contributed by atoms with E-state index in [-0.39, 0.29) is 18.5 Å². The number of hydrogen-bond acceptors (Lipinski definition) is 1. The van der Waals surface area contributed by atoms with Crippen LogP contribution in [0.25, 0.3) is 0 Å². The normalized spacial score (nSPS) is 12.0. The standard InChI is InChI=1S/C17H17BrF2N2O/c1-10-3-5-13(8-14(10)18)22-17(23)9-21-11(2)12-4-6-15(19)16(20)7-12/h3-8,11,21H,9H2,1-2H3,(H,22,23)/p+1/t11-/m0/s1. The van der Waals surface area contributed by atoms with Gasteiger partial charge in [0, 0.05) is 15.7 Å². The van der Waals surface area contributed by atoms with Crippen molar-refractivity contribution in [1.29, 1.82) is 0 Å². The maximum absolute atomic E-state index is 13.2. The largest absolute Gasteiger partial charge is 0.333 e. The molecule has 0 aliphatic rings. The molecule has 2 rings (SSSR count). The molecule has 1 amide bonds. The number of halogens is 3. The van der Waals surface area contributed by atoms with Gasteiger partial charge in [0.2, 0.25) is 0 Å². The average molecular weight is 384 g/mol. The number of nitrogens with one attached hydrogen (secondary N) is 1. The van der Waals surface area contributed by atoms with E-state index in [4.69, 9.17) is 0 Å². The zero-order valence-electron chi connectivity index (χ0n) is 12.9. The summed E-state index contributed by atoms with van der Waals surface area (Å²) in [5.41, 5.74) is 2.43. The van der Waals surface area contributed by atoms with Crippen molar-refractivity contribution in [3.63, 3.8) is 0 Å². The number of hydrogen-bond donors (Lipinski definition) is 2. The van der Waals surface area contributed by atoms with Gasteiger partial charge in [-0.15, -0.1) is 0 Å². The van der Waals surface area contributed by atoms with Crippen LogP contribution in [0.5, 0.6) is 0 Å². The van der Waals surface area contributed by atoms with E-state index in [1.54, 1.807) is 5.32 Å². The van der Waals surface area contributed by atoms with Crippen LogP contribution < -0.4 is 10.6 Å². The number of benzene rings is 2. The van der Waals surface area contributed by atoms with Crippen LogP contribution in [0.1, 0.15) is 24.1 Å². The first kappa shape index (κ1) is 17.6. The highest BCUT2D eigenvalue weighted by Crippen LogP contribution is 2.20. The van der Waals surface area contributed by atoms with Crippen molar-refractivity contribution >= 4 is 27.5 Å². The summed E-state index contributed by atoms with van der Waals surface area (Å²) in [5, 5.41) is 4.57. The molecule has 0 saturated carbocycles. The van der Waals surface area contributed by atoms with E-state index in [2.05, 4.69) is 21.2 Å². The Kier molecular flexibility index (Phi) is 5.85. The van der Waals surface area contributed by atoms with Crippen LogP contribution in [-0.4, -0.2) is 12.5 Å². The molecule has 2 aromatic carbocycles. The first-order valence-corrected chi connectivity index (χ1v) is 8.00. The smallest absolute Gasteiger partial charge is 0.279 e. The lowest BCUT2D eigenvalue weighted by Gasteiger charge is -2.12. The highest BCUT2D eigenvalue weighted by Gasteiger charge is 2.14. The van der Waals surface area contributed by atoms with Crippen LogP contribution in [0.2, 0.25) is 0 Å². The molecule has 0 unspecified atom stereocenters. The number of rotatable bonds is 5. The molecule has 0 bridgehead atoms. The number of anilines is 1. The Balaban J connectivity index is 1.90. The molecular weight excluding hydrogens is 366 g/mol. The van der Waals surface area contributed by atoms with Crippen molar-refractivity contribution < 1.29 is 18.9 Å². The lowest BCUT2D eigenvalue weighted by atomic mass is 10.1. The van der Waals surface area contributed by atoms with Crippen LogP contribution in [0.4, 0.5) is 14.5 Å². The van der Waals surface area contributed by atoms with Crippen LogP contribution in [0.15, 0.2) is 40.9 Å². The summed E-state index contributed by atoms with van der Waals surface area (Å²) in [7, 11) is 0. The summed E-state index contributed by atoms with van der Waals surface area (Å²) < 4.78 is 27.1. The number of aryl methyl sites for hydroxylation is 1. The first-order valence-electron chi connectivity index (χ1n) is 7.21. The van der Waals surface area contributed by atoms with Crippen molar-refractivity contribution in [2.45, 2.75) is 19.9 Å². The minimum Gasteiger partial charge on any atom is -0.333 e. The summed E-state index contributed by atoms with van der Waals surface area (Å²) >= 11 is 3.42. The minimum atomic E-state index is -0.878. The van der Waals surface area contributed by atoms with Crippen LogP contribution in [0, 0.1) is 18.6 Å². The van der Waals surface area contributed by atoms with Crippen molar-refractivity contribution in [1.82, 2.24) is 0 Å². The van der Waals surface area contributed by atoms with E-state index >= 15 is 0 Å². The Labute approximate surface area is 142 Å². The summed E-state index contributed by atoms with van der Waals surface area (Å²) in [4.78, 5) is 12.0. The van der Waals surface area contributed by atoms with E-state index in [1.807, 2.05) is 32.0 Å². The molecule has 0 heterocycles. The fourth-order valence-electron chi connectivity index (χ4n) is 2.10. The van der Waals surface area contributed by atoms with Crippen LogP contribution >= 0.6 is 15.9 Å². The van der Waals surface area contributed by atoms with E-state index in [9.17, 15) is 13.6 Å². The van der Waals surface area contributed by atoms with Crippen LogP contribution in [0.3, 0.4) is 0 Å². The maximum Gasteiger partial charge on any atom is 0.279 e. The highest BCUT2D eigenvalue weighted by atomic mass is 79.9. The maximum atomic E-state index is 13.2.